The largest absolute Gasteiger partial charge is 0.489 e. The second-order valence-electron chi connectivity index (χ2n) is 6.76. The van der Waals surface area contributed by atoms with Gasteiger partial charge < -0.3 is 14.5 Å². The third-order valence-electron chi connectivity index (χ3n) is 4.95. The molecule has 0 unspecified atom stereocenters. The molecule has 0 aromatic heterocycles. The number of carbonyl (C=O) groups excluding carboxylic acids is 2. The Hall–Kier alpha value is -3.08. The van der Waals surface area contributed by atoms with Crippen molar-refractivity contribution in [2.24, 2.45) is 0 Å². The number of nitrogens with zero attached hydrogens (tertiary/aromatic N) is 2. The van der Waals surface area contributed by atoms with E-state index >= 15 is 0 Å². The topological polar surface area (TPSA) is 49.9 Å². The van der Waals surface area contributed by atoms with Crippen molar-refractivity contribution in [3.63, 3.8) is 0 Å². The molecule has 0 aliphatic carbocycles. The first kappa shape index (κ1) is 19.7. The Balaban J connectivity index is 1.73. The molecule has 28 heavy (non-hydrogen) atoms. The van der Waals surface area contributed by atoms with Gasteiger partial charge in [0.2, 0.25) is 0 Å². The van der Waals surface area contributed by atoms with Gasteiger partial charge >= 0.3 is 0 Å². The highest BCUT2D eigenvalue weighted by Crippen LogP contribution is 2.26. The maximum Gasteiger partial charge on any atom is 0.292 e. The molecule has 1 aliphatic heterocycles. The lowest BCUT2D eigenvalue weighted by molar-refractivity contribution is -0.119. The van der Waals surface area contributed by atoms with E-state index < -0.39 is 0 Å². The van der Waals surface area contributed by atoms with Crippen LogP contribution in [-0.4, -0.2) is 42.5 Å². The zero-order chi connectivity index (χ0) is 19.9. The molecule has 5 heteroatoms. The van der Waals surface area contributed by atoms with Gasteiger partial charge in [-0.25, -0.2) is 0 Å². The molecule has 1 heterocycles. The van der Waals surface area contributed by atoms with Gasteiger partial charge in [0.15, 0.2) is 5.76 Å². The third-order valence-corrected chi connectivity index (χ3v) is 4.95. The van der Waals surface area contributed by atoms with Crippen LogP contribution in [0.2, 0.25) is 0 Å². The van der Waals surface area contributed by atoms with Gasteiger partial charge in [0.25, 0.3) is 11.8 Å². The van der Waals surface area contributed by atoms with E-state index in [0.29, 0.717) is 38.1 Å². The van der Waals surface area contributed by atoms with E-state index in [1.165, 1.54) is 0 Å². The molecule has 1 saturated heterocycles. The molecule has 0 spiro atoms. The van der Waals surface area contributed by atoms with Gasteiger partial charge in [0, 0.05) is 30.4 Å². The Morgan fingerprint density at radius 1 is 1.04 bits per heavy atom. The van der Waals surface area contributed by atoms with Gasteiger partial charge in [-0.15, -0.1) is 0 Å². The number of hydrogen-bond acceptors (Lipinski definition) is 3. The average molecular weight is 378 g/mol. The molecule has 0 radical (unpaired) electrons. The number of piperidine rings is 1. The Bertz CT molecular complexity index is 812. The van der Waals surface area contributed by atoms with Crippen LogP contribution in [0.5, 0.6) is 0 Å². The average Bonchev–Trinajstić information content (AvgIpc) is 2.75. The number of anilines is 1. The van der Waals surface area contributed by atoms with Crippen molar-refractivity contribution in [1.82, 2.24) is 4.90 Å². The predicted octanol–water partition coefficient (Wildman–Crippen LogP) is 3.87. The van der Waals surface area contributed by atoms with E-state index in [-0.39, 0.29) is 23.6 Å². The summed E-state index contributed by atoms with van der Waals surface area (Å²) in [6, 6.07) is 18.9. The Morgan fingerprint density at radius 3 is 2.18 bits per heavy atom. The van der Waals surface area contributed by atoms with Crippen molar-refractivity contribution >= 4 is 17.5 Å². The van der Waals surface area contributed by atoms with E-state index in [2.05, 4.69) is 6.58 Å². The van der Waals surface area contributed by atoms with Crippen molar-refractivity contribution in [3.8, 4) is 0 Å². The van der Waals surface area contributed by atoms with Crippen molar-refractivity contribution in [2.75, 3.05) is 24.6 Å². The van der Waals surface area contributed by atoms with Crippen molar-refractivity contribution < 1.29 is 14.3 Å². The molecule has 1 aliphatic rings. The van der Waals surface area contributed by atoms with Gasteiger partial charge in [-0.1, -0.05) is 43.0 Å². The fraction of sp³-hybridized carbons (Fsp3) is 0.304. The smallest absolute Gasteiger partial charge is 0.292 e. The number of likely N-dealkylation sites (tertiary alicyclic amines) is 1. The van der Waals surface area contributed by atoms with E-state index in [1.807, 2.05) is 72.5 Å². The first-order chi connectivity index (χ1) is 13.6. The molecule has 0 saturated carbocycles. The van der Waals surface area contributed by atoms with Crippen LogP contribution in [-0.2, 0) is 9.53 Å². The highest BCUT2D eigenvalue weighted by molar-refractivity contribution is 6.04. The second-order valence-corrected chi connectivity index (χ2v) is 6.76. The first-order valence-corrected chi connectivity index (χ1v) is 9.66. The van der Waals surface area contributed by atoms with Crippen LogP contribution in [0, 0.1) is 0 Å². The standard InChI is InChI=1S/C23H26N2O3/c1-3-28-18(2)22(26)25(20-12-8-5-9-13-20)21-14-16-24(17-15-21)23(27)19-10-6-4-7-11-19/h4-13,21H,2-3,14-17H2,1H3. The molecular weight excluding hydrogens is 352 g/mol. The molecule has 146 valence electrons. The minimum atomic E-state index is -0.221. The lowest BCUT2D eigenvalue weighted by Crippen LogP contribution is -2.49. The van der Waals surface area contributed by atoms with Gasteiger partial charge in [0.1, 0.15) is 0 Å². The molecule has 2 aromatic rings. The molecule has 0 atom stereocenters. The zero-order valence-corrected chi connectivity index (χ0v) is 16.2. The second kappa shape index (κ2) is 9.22. The number of benzene rings is 2. The minimum absolute atomic E-state index is 0.00747. The molecule has 2 amide bonds. The summed E-state index contributed by atoms with van der Waals surface area (Å²) in [5, 5.41) is 0. The number of carbonyl (C=O) groups is 2. The highest BCUT2D eigenvalue weighted by atomic mass is 16.5. The molecule has 5 nitrogen and oxygen atoms in total. The van der Waals surface area contributed by atoms with Crippen LogP contribution in [0.3, 0.4) is 0 Å². The summed E-state index contributed by atoms with van der Waals surface area (Å²) < 4.78 is 5.36. The molecule has 0 N–H and O–H groups in total. The number of hydrogen-bond donors (Lipinski definition) is 0. The van der Waals surface area contributed by atoms with Gasteiger partial charge in [-0.3, -0.25) is 9.59 Å². The predicted molar refractivity (Wildman–Crippen MR) is 110 cm³/mol. The first-order valence-electron chi connectivity index (χ1n) is 9.66. The molecule has 3 rings (SSSR count). The quantitative estimate of drug-likeness (QED) is 0.566. The SMILES string of the molecule is C=C(OCC)C(=O)N(c1ccccc1)C1CCN(C(=O)c2ccccc2)CC1. The molecule has 1 fully saturated rings. The molecule has 2 aromatic carbocycles. The molecular formula is C23H26N2O3. The van der Waals surface area contributed by atoms with Crippen LogP contribution in [0.1, 0.15) is 30.1 Å². The number of ether oxygens (including phenoxy) is 1. The van der Waals surface area contributed by atoms with Gasteiger partial charge in [-0.2, -0.15) is 0 Å². The Kier molecular flexibility index (Phi) is 6.48. The zero-order valence-electron chi connectivity index (χ0n) is 16.2. The fourth-order valence-electron chi connectivity index (χ4n) is 3.54. The van der Waals surface area contributed by atoms with Crippen molar-refractivity contribution in [1.29, 1.82) is 0 Å². The van der Waals surface area contributed by atoms with E-state index in [1.54, 1.807) is 4.90 Å². The van der Waals surface area contributed by atoms with E-state index in [4.69, 9.17) is 4.74 Å². The minimum Gasteiger partial charge on any atom is -0.489 e. The van der Waals surface area contributed by atoms with E-state index in [9.17, 15) is 9.59 Å². The maximum atomic E-state index is 13.0. The third kappa shape index (κ3) is 4.42. The lowest BCUT2D eigenvalue weighted by atomic mass is 10.0. The van der Waals surface area contributed by atoms with Crippen LogP contribution >= 0.6 is 0 Å². The fourth-order valence-corrected chi connectivity index (χ4v) is 3.54. The molecule has 0 bridgehead atoms. The van der Waals surface area contributed by atoms with Crippen LogP contribution in [0.15, 0.2) is 73.0 Å². The lowest BCUT2D eigenvalue weighted by Gasteiger charge is -2.38. The Labute approximate surface area is 166 Å². The summed E-state index contributed by atoms with van der Waals surface area (Å²) in [5.74, 6) is -0.0367. The van der Waals surface area contributed by atoms with Crippen LogP contribution < -0.4 is 4.90 Å². The summed E-state index contributed by atoms with van der Waals surface area (Å²) in [7, 11) is 0. The summed E-state index contributed by atoms with van der Waals surface area (Å²) in [6.45, 7) is 7.24. The summed E-state index contributed by atoms with van der Waals surface area (Å²) in [4.78, 5) is 29.3. The summed E-state index contributed by atoms with van der Waals surface area (Å²) in [5.41, 5.74) is 1.52. The summed E-state index contributed by atoms with van der Waals surface area (Å²) in [6.07, 6.45) is 1.41. The van der Waals surface area contributed by atoms with Crippen molar-refractivity contribution in [2.45, 2.75) is 25.8 Å². The Morgan fingerprint density at radius 2 is 1.61 bits per heavy atom. The van der Waals surface area contributed by atoms with Crippen molar-refractivity contribution in [3.05, 3.63) is 78.6 Å². The highest BCUT2D eigenvalue weighted by Gasteiger charge is 2.32. The van der Waals surface area contributed by atoms with E-state index in [0.717, 1.165) is 5.69 Å². The van der Waals surface area contributed by atoms with Gasteiger partial charge in [0.05, 0.1) is 6.61 Å². The monoisotopic (exact) mass is 378 g/mol. The number of rotatable bonds is 6. The number of amides is 2. The van der Waals surface area contributed by atoms with Gasteiger partial charge in [-0.05, 0) is 44.0 Å². The summed E-state index contributed by atoms with van der Waals surface area (Å²) >= 11 is 0. The number of para-hydroxylation sites is 1. The van der Waals surface area contributed by atoms with Crippen LogP contribution in [0.25, 0.3) is 0 Å². The normalized spacial score (nSPS) is 14.4. The maximum absolute atomic E-state index is 13.0. The van der Waals surface area contributed by atoms with Crippen LogP contribution in [0.4, 0.5) is 5.69 Å².